The van der Waals surface area contributed by atoms with Crippen LogP contribution < -0.4 is 5.32 Å². The molecule has 1 N–H and O–H groups in total. The minimum absolute atomic E-state index is 0.211. The number of aromatic nitrogens is 2. The normalized spacial score (nSPS) is 16.7. The molecule has 150 valence electrons. The summed E-state index contributed by atoms with van der Waals surface area (Å²) in [5.41, 5.74) is 2.38. The van der Waals surface area contributed by atoms with Gasteiger partial charge >= 0.3 is 6.03 Å². The van der Waals surface area contributed by atoms with Crippen molar-refractivity contribution in [2.75, 3.05) is 11.9 Å². The van der Waals surface area contributed by atoms with E-state index in [2.05, 4.69) is 15.5 Å². The quantitative estimate of drug-likeness (QED) is 0.543. The van der Waals surface area contributed by atoms with Crippen molar-refractivity contribution in [3.63, 3.8) is 0 Å². The summed E-state index contributed by atoms with van der Waals surface area (Å²) < 4.78 is 5.52. The molecule has 1 fully saturated rings. The van der Waals surface area contributed by atoms with Gasteiger partial charge in [0, 0.05) is 27.8 Å². The number of aryl methyl sites for hydroxylation is 1. The number of rotatable bonds is 3. The Hall–Kier alpha value is -2.57. The fourth-order valence-electron chi connectivity index (χ4n) is 3.41. The van der Waals surface area contributed by atoms with E-state index in [1.807, 2.05) is 31.2 Å². The number of nitrogens with one attached hydrogen (secondary N) is 1. The molecule has 0 spiro atoms. The van der Waals surface area contributed by atoms with E-state index < -0.39 is 0 Å². The molecule has 0 saturated carbocycles. The summed E-state index contributed by atoms with van der Waals surface area (Å²) in [5.74, 6) is 0.885. The Morgan fingerprint density at radius 2 is 2.07 bits per heavy atom. The number of hydrogen-bond donors (Lipinski definition) is 1. The molecule has 1 atom stereocenters. The van der Waals surface area contributed by atoms with Crippen molar-refractivity contribution in [2.45, 2.75) is 32.2 Å². The van der Waals surface area contributed by atoms with Gasteiger partial charge in [-0.15, -0.1) is 0 Å². The van der Waals surface area contributed by atoms with Crippen molar-refractivity contribution < 1.29 is 9.32 Å². The Labute approximate surface area is 178 Å². The molecule has 6 nitrogen and oxygen atoms in total. The minimum atomic E-state index is -0.273. The van der Waals surface area contributed by atoms with Gasteiger partial charge < -0.3 is 14.7 Å². The first kappa shape index (κ1) is 19.7. The highest BCUT2D eigenvalue weighted by Gasteiger charge is 2.32. The second-order valence-electron chi connectivity index (χ2n) is 7.07. The number of nitrogens with zero attached hydrogens (tertiary/aromatic N) is 3. The van der Waals surface area contributed by atoms with E-state index in [1.165, 1.54) is 0 Å². The number of piperidine rings is 1. The van der Waals surface area contributed by atoms with Gasteiger partial charge in [0.05, 0.1) is 0 Å². The molecule has 1 aromatic heterocycles. The molecular formula is C21H20Cl2N4O2. The van der Waals surface area contributed by atoms with E-state index in [0.29, 0.717) is 34.0 Å². The smallest absolute Gasteiger partial charge is 0.322 e. The Morgan fingerprint density at radius 3 is 2.86 bits per heavy atom. The molecule has 3 aromatic rings. The summed E-state index contributed by atoms with van der Waals surface area (Å²) in [6.07, 6.45) is 2.67. The van der Waals surface area contributed by atoms with Crippen LogP contribution in [-0.4, -0.2) is 27.6 Å². The highest BCUT2D eigenvalue weighted by molar-refractivity contribution is 6.31. The Balaban J connectivity index is 1.54. The zero-order chi connectivity index (χ0) is 20.4. The predicted octanol–water partition coefficient (Wildman–Crippen LogP) is 6.11. The highest BCUT2D eigenvalue weighted by atomic mass is 35.5. The van der Waals surface area contributed by atoms with Gasteiger partial charge in [0.2, 0.25) is 11.7 Å². The van der Waals surface area contributed by atoms with Crippen LogP contribution in [0.4, 0.5) is 10.5 Å². The van der Waals surface area contributed by atoms with E-state index in [-0.39, 0.29) is 12.1 Å². The van der Waals surface area contributed by atoms with Crippen LogP contribution in [-0.2, 0) is 0 Å². The van der Waals surface area contributed by atoms with Gasteiger partial charge in [0.25, 0.3) is 0 Å². The summed E-state index contributed by atoms with van der Waals surface area (Å²) in [5, 5.41) is 8.22. The molecule has 1 unspecified atom stereocenters. The maximum absolute atomic E-state index is 12.9. The lowest BCUT2D eigenvalue weighted by Gasteiger charge is -2.33. The maximum Gasteiger partial charge on any atom is 0.322 e. The number of carbonyl (C=O) groups is 1. The van der Waals surface area contributed by atoms with Crippen LogP contribution >= 0.6 is 23.2 Å². The fraction of sp³-hybridized carbons (Fsp3) is 0.286. The Bertz CT molecular complexity index is 1040. The number of likely N-dealkylation sites (tertiary alicyclic amines) is 1. The van der Waals surface area contributed by atoms with Crippen molar-refractivity contribution in [3.8, 4) is 11.4 Å². The van der Waals surface area contributed by atoms with E-state index in [0.717, 1.165) is 30.4 Å². The number of hydrogen-bond acceptors (Lipinski definition) is 4. The van der Waals surface area contributed by atoms with Crippen molar-refractivity contribution in [2.24, 2.45) is 0 Å². The van der Waals surface area contributed by atoms with Gasteiger partial charge in [-0.05, 0) is 56.0 Å². The number of urea groups is 1. The third kappa shape index (κ3) is 4.38. The molecule has 2 aromatic carbocycles. The molecule has 1 saturated heterocycles. The van der Waals surface area contributed by atoms with Gasteiger partial charge in [-0.3, -0.25) is 0 Å². The van der Waals surface area contributed by atoms with Crippen LogP contribution in [0.1, 0.15) is 36.8 Å². The van der Waals surface area contributed by atoms with E-state index in [4.69, 9.17) is 27.7 Å². The second kappa shape index (κ2) is 8.43. The zero-order valence-electron chi connectivity index (χ0n) is 15.9. The number of benzene rings is 2. The Kier molecular flexibility index (Phi) is 5.74. The Morgan fingerprint density at radius 1 is 1.21 bits per heavy atom. The summed E-state index contributed by atoms with van der Waals surface area (Å²) in [4.78, 5) is 19.2. The lowest BCUT2D eigenvalue weighted by Crippen LogP contribution is -2.41. The monoisotopic (exact) mass is 430 g/mol. The number of carbonyl (C=O) groups excluding carboxylic acids is 1. The first-order valence-electron chi connectivity index (χ1n) is 9.44. The van der Waals surface area contributed by atoms with Crippen LogP contribution in [0.2, 0.25) is 10.0 Å². The molecule has 4 rings (SSSR count). The average Bonchev–Trinajstić information content (AvgIpc) is 3.21. The molecule has 2 amide bonds. The maximum atomic E-state index is 12.9. The standard InChI is InChI=1S/C21H20Cl2N4O2/c1-13-8-9-16(12-17(13)23)24-21(28)27-10-3-2-7-18(27)20-25-19(26-29-20)14-5-4-6-15(22)11-14/h4-6,8-9,11-12,18H,2-3,7,10H2,1H3,(H,24,28). The topological polar surface area (TPSA) is 71.3 Å². The van der Waals surface area contributed by atoms with Crippen LogP contribution in [0.15, 0.2) is 47.0 Å². The first-order valence-corrected chi connectivity index (χ1v) is 10.2. The number of halogens is 2. The van der Waals surface area contributed by atoms with Crippen molar-refractivity contribution >= 4 is 34.9 Å². The lowest BCUT2D eigenvalue weighted by molar-refractivity contribution is 0.142. The van der Waals surface area contributed by atoms with Crippen molar-refractivity contribution in [1.29, 1.82) is 0 Å². The van der Waals surface area contributed by atoms with E-state index in [9.17, 15) is 4.79 Å². The fourth-order valence-corrected chi connectivity index (χ4v) is 3.78. The van der Waals surface area contributed by atoms with Crippen LogP contribution in [0, 0.1) is 6.92 Å². The largest absolute Gasteiger partial charge is 0.337 e. The summed E-state index contributed by atoms with van der Waals surface area (Å²) in [6.45, 7) is 2.53. The van der Waals surface area contributed by atoms with Crippen molar-refractivity contribution in [1.82, 2.24) is 15.0 Å². The lowest BCUT2D eigenvalue weighted by atomic mass is 10.0. The highest BCUT2D eigenvalue weighted by Crippen LogP contribution is 2.32. The molecule has 1 aliphatic rings. The van der Waals surface area contributed by atoms with Gasteiger partial charge in [0.1, 0.15) is 6.04 Å². The third-order valence-corrected chi connectivity index (χ3v) is 5.64. The first-order chi connectivity index (χ1) is 14.0. The second-order valence-corrected chi connectivity index (χ2v) is 7.91. The van der Waals surface area contributed by atoms with Gasteiger partial charge in [-0.2, -0.15) is 4.98 Å². The number of anilines is 1. The molecule has 2 heterocycles. The van der Waals surface area contributed by atoms with Gasteiger partial charge in [-0.1, -0.05) is 46.6 Å². The summed E-state index contributed by atoms with van der Waals surface area (Å²) in [7, 11) is 0. The average molecular weight is 431 g/mol. The SMILES string of the molecule is Cc1ccc(NC(=O)N2CCCCC2c2nc(-c3cccc(Cl)c3)no2)cc1Cl. The third-order valence-electron chi connectivity index (χ3n) is 5.00. The van der Waals surface area contributed by atoms with Crippen LogP contribution in [0.5, 0.6) is 0 Å². The van der Waals surface area contributed by atoms with E-state index >= 15 is 0 Å². The molecule has 0 bridgehead atoms. The van der Waals surface area contributed by atoms with Crippen LogP contribution in [0.3, 0.4) is 0 Å². The molecule has 8 heteroatoms. The molecular weight excluding hydrogens is 411 g/mol. The minimum Gasteiger partial charge on any atom is -0.337 e. The van der Waals surface area contributed by atoms with Crippen LogP contribution in [0.25, 0.3) is 11.4 Å². The molecule has 1 aliphatic heterocycles. The summed E-state index contributed by atoms with van der Waals surface area (Å²) in [6, 6.07) is 12.2. The molecule has 29 heavy (non-hydrogen) atoms. The van der Waals surface area contributed by atoms with Gasteiger partial charge in [0.15, 0.2) is 0 Å². The van der Waals surface area contributed by atoms with E-state index in [1.54, 1.807) is 23.1 Å². The zero-order valence-corrected chi connectivity index (χ0v) is 17.4. The van der Waals surface area contributed by atoms with Gasteiger partial charge in [-0.25, -0.2) is 4.79 Å². The molecule has 0 aliphatic carbocycles. The predicted molar refractivity (Wildman–Crippen MR) is 113 cm³/mol. The molecule has 0 radical (unpaired) electrons. The van der Waals surface area contributed by atoms with Crippen molar-refractivity contribution in [3.05, 3.63) is 64.0 Å². The summed E-state index contributed by atoms with van der Waals surface area (Å²) >= 11 is 12.2. The number of amides is 2.